The third-order valence-corrected chi connectivity index (χ3v) is 2.63. The van der Waals surface area contributed by atoms with E-state index in [4.69, 9.17) is 5.73 Å². The van der Waals surface area contributed by atoms with E-state index < -0.39 is 18.6 Å². The second kappa shape index (κ2) is 4.47. The van der Waals surface area contributed by atoms with Crippen LogP contribution < -0.4 is 5.73 Å². The monoisotopic (exact) mass is 259 g/mol. The normalized spacial score (nSPS) is 15.5. The lowest BCUT2D eigenvalue weighted by Gasteiger charge is -2.23. The van der Waals surface area contributed by atoms with Crippen LogP contribution in [-0.2, 0) is 0 Å². The molecule has 7 heteroatoms. The molecule has 98 valence electrons. The molecule has 0 bridgehead atoms. The van der Waals surface area contributed by atoms with Crippen LogP contribution in [0, 0.1) is 0 Å². The molecule has 2 rings (SSSR count). The number of amides is 1. The van der Waals surface area contributed by atoms with E-state index in [1.807, 2.05) is 0 Å². The number of halogens is 3. The average molecular weight is 259 g/mol. The highest BCUT2D eigenvalue weighted by atomic mass is 19.4. The zero-order valence-electron chi connectivity index (χ0n) is 9.44. The Bertz CT molecular complexity index is 457. The van der Waals surface area contributed by atoms with E-state index >= 15 is 0 Å². The molecule has 0 saturated heterocycles. The van der Waals surface area contributed by atoms with Crippen molar-refractivity contribution in [3.63, 3.8) is 0 Å². The Labute approximate surface area is 102 Å². The maximum Gasteiger partial charge on any atom is 0.406 e. The first-order valence-electron chi connectivity index (χ1n) is 5.46. The van der Waals surface area contributed by atoms with E-state index in [1.165, 1.54) is 18.3 Å². The van der Waals surface area contributed by atoms with Crippen LogP contribution in [-0.4, -0.2) is 34.6 Å². The summed E-state index contributed by atoms with van der Waals surface area (Å²) >= 11 is 0. The van der Waals surface area contributed by atoms with Crippen molar-refractivity contribution >= 4 is 11.7 Å². The summed E-state index contributed by atoms with van der Waals surface area (Å²) in [5, 5.41) is 0. The largest absolute Gasteiger partial charge is 0.406 e. The molecule has 1 heterocycles. The standard InChI is InChI=1S/C11H12F3N3O/c12-11(13,14)6-17(8-1-2-8)10(18)7-3-4-16-9(15)5-7/h3-5,8H,1-2,6H2,(H2,15,16). The molecule has 0 atom stereocenters. The molecular formula is C11H12F3N3O. The van der Waals surface area contributed by atoms with E-state index in [1.54, 1.807) is 0 Å². The minimum absolute atomic E-state index is 0.114. The Morgan fingerprint density at radius 2 is 2.17 bits per heavy atom. The summed E-state index contributed by atoms with van der Waals surface area (Å²) in [5.74, 6) is -0.535. The van der Waals surface area contributed by atoms with Gasteiger partial charge in [0.2, 0.25) is 0 Å². The SMILES string of the molecule is Nc1cc(C(=O)N(CC(F)(F)F)C2CC2)ccn1. The van der Waals surface area contributed by atoms with Crippen LogP contribution in [0.15, 0.2) is 18.3 Å². The maximum atomic E-state index is 12.4. The number of hydrogen-bond acceptors (Lipinski definition) is 3. The fraction of sp³-hybridized carbons (Fsp3) is 0.455. The van der Waals surface area contributed by atoms with Crippen molar-refractivity contribution < 1.29 is 18.0 Å². The van der Waals surface area contributed by atoms with Crippen LogP contribution in [0.25, 0.3) is 0 Å². The lowest BCUT2D eigenvalue weighted by molar-refractivity contribution is -0.141. The van der Waals surface area contributed by atoms with Crippen molar-refractivity contribution in [2.45, 2.75) is 25.1 Å². The molecule has 0 spiro atoms. The van der Waals surface area contributed by atoms with Gasteiger partial charge in [0.05, 0.1) is 0 Å². The van der Waals surface area contributed by atoms with Gasteiger partial charge in [-0.1, -0.05) is 0 Å². The second-order valence-corrected chi connectivity index (χ2v) is 4.25. The van der Waals surface area contributed by atoms with E-state index in [2.05, 4.69) is 4.98 Å². The van der Waals surface area contributed by atoms with Crippen LogP contribution in [0.5, 0.6) is 0 Å². The first-order chi connectivity index (χ1) is 8.37. The fourth-order valence-electron chi connectivity index (χ4n) is 1.69. The molecule has 1 saturated carbocycles. The third kappa shape index (κ3) is 3.12. The number of aromatic nitrogens is 1. The van der Waals surface area contributed by atoms with Gasteiger partial charge in [-0.15, -0.1) is 0 Å². The average Bonchev–Trinajstić information content (AvgIpc) is 3.07. The van der Waals surface area contributed by atoms with Crippen LogP contribution in [0.3, 0.4) is 0 Å². The van der Waals surface area contributed by atoms with Gasteiger partial charge >= 0.3 is 6.18 Å². The first kappa shape index (κ1) is 12.7. The number of nitrogens with two attached hydrogens (primary N) is 1. The van der Waals surface area contributed by atoms with Crippen molar-refractivity contribution in [2.75, 3.05) is 12.3 Å². The minimum atomic E-state index is -4.39. The van der Waals surface area contributed by atoms with E-state index in [9.17, 15) is 18.0 Å². The molecule has 0 aliphatic heterocycles. The minimum Gasteiger partial charge on any atom is -0.384 e. The van der Waals surface area contributed by atoms with Crippen molar-refractivity contribution in [2.24, 2.45) is 0 Å². The first-order valence-corrected chi connectivity index (χ1v) is 5.46. The smallest absolute Gasteiger partial charge is 0.384 e. The van der Waals surface area contributed by atoms with Gasteiger partial charge in [0.25, 0.3) is 5.91 Å². The lowest BCUT2D eigenvalue weighted by atomic mass is 10.2. The molecule has 1 aliphatic rings. The molecule has 0 unspecified atom stereocenters. The number of pyridine rings is 1. The summed E-state index contributed by atoms with van der Waals surface area (Å²) in [6, 6.07) is 2.34. The third-order valence-electron chi connectivity index (χ3n) is 2.63. The molecule has 4 nitrogen and oxygen atoms in total. The number of hydrogen-bond donors (Lipinski definition) is 1. The molecule has 1 aromatic heterocycles. The van der Waals surface area contributed by atoms with Crippen molar-refractivity contribution in [1.29, 1.82) is 0 Å². The Balaban J connectivity index is 2.18. The molecule has 0 radical (unpaired) electrons. The van der Waals surface area contributed by atoms with Crippen molar-refractivity contribution in [1.82, 2.24) is 9.88 Å². The number of nitrogen functional groups attached to an aromatic ring is 1. The number of rotatable bonds is 3. The summed E-state index contributed by atoms with van der Waals surface area (Å²) in [6.45, 7) is -1.22. The van der Waals surface area contributed by atoms with Crippen LogP contribution >= 0.6 is 0 Å². The molecule has 2 N–H and O–H groups in total. The molecule has 0 aromatic carbocycles. The van der Waals surface area contributed by atoms with Gasteiger partial charge in [-0.3, -0.25) is 4.79 Å². The topological polar surface area (TPSA) is 59.2 Å². The van der Waals surface area contributed by atoms with Crippen LogP contribution in [0.1, 0.15) is 23.2 Å². The van der Waals surface area contributed by atoms with Gasteiger partial charge < -0.3 is 10.6 Å². The van der Waals surface area contributed by atoms with Gasteiger partial charge in [0.15, 0.2) is 0 Å². The van der Waals surface area contributed by atoms with Gasteiger partial charge in [-0.25, -0.2) is 4.98 Å². The zero-order valence-corrected chi connectivity index (χ0v) is 9.44. The predicted molar refractivity (Wildman–Crippen MR) is 58.8 cm³/mol. The Hall–Kier alpha value is -1.79. The number of alkyl halides is 3. The number of carbonyl (C=O) groups excluding carboxylic acids is 1. The predicted octanol–water partition coefficient (Wildman–Crippen LogP) is 1.83. The van der Waals surface area contributed by atoms with Gasteiger partial charge in [0.1, 0.15) is 12.4 Å². The number of nitrogens with zero attached hydrogens (tertiary/aromatic N) is 2. The molecule has 1 fully saturated rings. The van der Waals surface area contributed by atoms with E-state index in [-0.39, 0.29) is 17.4 Å². The quantitative estimate of drug-likeness (QED) is 0.900. The number of carbonyl (C=O) groups is 1. The lowest BCUT2D eigenvalue weighted by Crippen LogP contribution is -2.40. The maximum absolute atomic E-state index is 12.4. The molecule has 1 amide bonds. The zero-order chi connectivity index (χ0) is 13.3. The Morgan fingerprint density at radius 3 is 2.67 bits per heavy atom. The van der Waals surface area contributed by atoms with Gasteiger partial charge in [0, 0.05) is 17.8 Å². The van der Waals surface area contributed by atoms with Crippen LogP contribution in [0.2, 0.25) is 0 Å². The second-order valence-electron chi connectivity index (χ2n) is 4.25. The van der Waals surface area contributed by atoms with Crippen molar-refractivity contribution in [3.8, 4) is 0 Å². The van der Waals surface area contributed by atoms with Gasteiger partial charge in [-0.2, -0.15) is 13.2 Å². The highest BCUT2D eigenvalue weighted by Crippen LogP contribution is 2.31. The highest BCUT2D eigenvalue weighted by Gasteiger charge is 2.40. The highest BCUT2D eigenvalue weighted by molar-refractivity contribution is 5.95. The molecule has 1 aliphatic carbocycles. The summed E-state index contributed by atoms with van der Waals surface area (Å²) in [7, 11) is 0. The van der Waals surface area contributed by atoms with E-state index in [0.29, 0.717) is 12.8 Å². The Morgan fingerprint density at radius 1 is 1.50 bits per heavy atom. The van der Waals surface area contributed by atoms with Crippen LogP contribution in [0.4, 0.5) is 19.0 Å². The summed E-state index contributed by atoms with van der Waals surface area (Å²) in [6.07, 6.45) is -1.86. The fourth-order valence-corrected chi connectivity index (χ4v) is 1.69. The summed E-state index contributed by atoms with van der Waals surface area (Å²) < 4.78 is 37.3. The molecule has 18 heavy (non-hydrogen) atoms. The number of anilines is 1. The van der Waals surface area contributed by atoms with Gasteiger partial charge in [-0.05, 0) is 25.0 Å². The van der Waals surface area contributed by atoms with E-state index in [0.717, 1.165) is 4.90 Å². The Kier molecular flexibility index (Phi) is 3.14. The summed E-state index contributed by atoms with van der Waals surface area (Å²) in [4.78, 5) is 16.6. The molecular weight excluding hydrogens is 247 g/mol. The summed E-state index contributed by atoms with van der Waals surface area (Å²) in [5.41, 5.74) is 5.55. The molecule has 1 aromatic rings. The van der Waals surface area contributed by atoms with Crippen molar-refractivity contribution in [3.05, 3.63) is 23.9 Å².